The van der Waals surface area contributed by atoms with Crippen molar-refractivity contribution >= 4 is 39.8 Å². The lowest BCUT2D eigenvalue weighted by Gasteiger charge is -2.20. The number of rotatable bonds is 3. The van der Waals surface area contributed by atoms with E-state index in [0.29, 0.717) is 11.5 Å². The SMILES string of the molecule is Cc1cc(/C=C2\C(=N)N3N=C(C(F)(F)F)SC3=NC2=O)c(C)n1-c1ccc(C(C)C)cc1. The van der Waals surface area contributed by atoms with E-state index in [1.54, 1.807) is 0 Å². The molecular formula is C22H20F3N5OS. The molecule has 6 nitrogen and oxygen atoms in total. The normalized spacial score (nSPS) is 17.9. The topological polar surface area (TPSA) is 73.8 Å². The number of thioether (sulfide) groups is 1. The van der Waals surface area contributed by atoms with Gasteiger partial charge in [-0.3, -0.25) is 10.2 Å². The minimum atomic E-state index is -4.67. The largest absolute Gasteiger partial charge is 0.441 e. The van der Waals surface area contributed by atoms with Gasteiger partial charge in [0.1, 0.15) is 0 Å². The number of nitrogens with one attached hydrogen (secondary N) is 1. The molecule has 2 aliphatic heterocycles. The monoisotopic (exact) mass is 459 g/mol. The van der Waals surface area contributed by atoms with Crippen LogP contribution in [-0.2, 0) is 4.79 Å². The fraction of sp³-hybridized carbons (Fsp3) is 0.273. The molecule has 1 aromatic carbocycles. The number of amidine groups is 2. The first-order chi connectivity index (χ1) is 15.0. The molecule has 0 saturated carbocycles. The Morgan fingerprint density at radius 1 is 1.16 bits per heavy atom. The fourth-order valence-corrected chi connectivity index (χ4v) is 4.36. The summed E-state index contributed by atoms with van der Waals surface area (Å²) in [5.74, 6) is -0.787. The van der Waals surface area contributed by atoms with Crippen molar-refractivity contribution in [1.29, 1.82) is 5.41 Å². The average Bonchev–Trinajstić information content (AvgIpc) is 3.26. The lowest BCUT2D eigenvalue weighted by atomic mass is 10.0. The molecule has 2 aliphatic rings. The summed E-state index contributed by atoms with van der Waals surface area (Å²) in [5, 5.41) is 11.0. The van der Waals surface area contributed by atoms with E-state index in [1.165, 1.54) is 11.6 Å². The predicted molar refractivity (Wildman–Crippen MR) is 120 cm³/mol. The second kappa shape index (κ2) is 7.77. The van der Waals surface area contributed by atoms with Gasteiger partial charge in [-0.1, -0.05) is 26.0 Å². The molecule has 3 heterocycles. The van der Waals surface area contributed by atoms with E-state index in [1.807, 2.05) is 36.6 Å². The Morgan fingerprint density at radius 3 is 2.41 bits per heavy atom. The molecular weight excluding hydrogens is 439 g/mol. The molecule has 0 unspecified atom stereocenters. The first-order valence-corrected chi connectivity index (χ1v) is 10.7. The number of carbonyl (C=O) groups is 1. The Balaban J connectivity index is 1.71. The van der Waals surface area contributed by atoms with Gasteiger partial charge in [0, 0.05) is 17.1 Å². The van der Waals surface area contributed by atoms with Crippen LogP contribution in [0.15, 0.2) is 46.0 Å². The smallest absolute Gasteiger partial charge is 0.318 e. The van der Waals surface area contributed by atoms with Crippen molar-refractivity contribution in [2.45, 2.75) is 39.8 Å². The van der Waals surface area contributed by atoms with E-state index in [9.17, 15) is 18.0 Å². The lowest BCUT2D eigenvalue weighted by Crippen LogP contribution is -2.35. The number of hydrogen-bond donors (Lipinski definition) is 1. The molecule has 0 aliphatic carbocycles. The zero-order valence-electron chi connectivity index (χ0n) is 17.8. The van der Waals surface area contributed by atoms with Crippen LogP contribution in [0.25, 0.3) is 11.8 Å². The maximum absolute atomic E-state index is 13.0. The van der Waals surface area contributed by atoms with Crippen LogP contribution in [0.5, 0.6) is 0 Å². The summed E-state index contributed by atoms with van der Waals surface area (Å²) in [5.41, 5.74) is 4.48. The van der Waals surface area contributed by atoms with Crippen molar-refractivity contribution in [1.82, 2.24) is 9.58 Å². The standard InChI is InChI=1S/C22H20F3N5OS/c1-11(2)14-5-7-16(8-6-14)29-12(3)9-15(13(29)4)10-17-18(26)30-21(27-19(17)31)32-20(28-30)22(23,24)25/h5-11,26H,1-4H3/b17-10+,26-18?. The van der Waals surface area contributed by atoms with Crippen molar-refractivity contribution in [2.75, 3.05) is 0 Å². The third-order valence-electron chi connectivity index (χ3n) is 5.29. The second-order valence-corrected chi connectivity index (χ2v) is 8.79. The summed E-state index contributed by atoms with van der Waals surface area (Å²) in [6.45, 7) is 8.05. The molecule has 4 rings (SSSR count). The Labute approximate surface area is 187 Å². The van der Waals surface area contributed by atoms with E-state index in [2.05, 4.69) is 36.1 Å². The predicted octanol–water partition coefficient (Wildman–Crippen LogP) is 5.40. The van der Waals surface area contributed by atoms with Gasteiger partial charge in [-0.25, -0.2) is 0 Å². The van der Waals surface area contributed by atoms with Crippen LogP contribution in [0, 0.1) is 19.3 Å². The molecule has 32 heavy (non-hydrogen) atoms. The third kappa shape index (κ3) is 3.79. The minimum absolute atomic E-state index is 0.114. The minimum Gasteiger partial charge on any atom is -0.318 e. The van der Waals surface area contributed by atoms with Gasteiger partial charge >= 0.3 is 6.18 Å². The molecule has 2 aromatic rings. The number of aryl methyl sites for hydroxylation is 1. The summed E-state index contributed by atoms with van der Waals surface area (Å²) in [4.78, 5) is 16.2. The van der Waals surface area contributed by atoms with Gasteiger partial charge in [-0.2, -0.15) is 28.3 Å². The quantitative estimate of drug-likeness (QED) is 0.625. The number of alkyl halides is 3. The van der Waals surface area contributed by atoms with E-state index >= 15 is 0 Å². The highest BCUT2D eigenvalue weighted by Crippen LogP contribution is 2.35. The summed E-state index contributed by atoms with van der Waals surface area (Å²) in [6, 6.07) is 10.0. The molecule has 0 saturated heterocycles. The summed E-state index contributed by atoms with van der Waals surface area (Å²) >= 11 is 0.235. The third-order valence-corrected chi connectivity index (χ3v) is 6.24. The number of benzene rings is 1. The highest BCUT2D eigenvalue weighted by molar-refractivity contribution is 8.27. The molecule has 10 heteroatoms. The van der Waals surface area contributed by atoms with Crippen molar-refractivity contribution in [3.05, 3.63) is 58.4 Å². The number of aliphatic imine (C=N–C) groups is 1. The lowest BCUT2D eigenvalue weighted by molar-refractivity contribution is -0.114. The van der Waals surface area contributed by atoms with Crippen LogP contribution in [0.1, 0.15) is 42.3 Å². The summed E-state index contributed by atoms with van der Waals surface area (Å²) in [7, 11) is 0. The maximum Gasteiger partial charge on any atom is 0.441 e. The summed E-state index contributed by atoms with van der Waals surface area (Å²) in [6.07, 6.45) is -3.19. The van der Waals surface area contributed by atoms with E-state index in [4.69, 9.17) is 5.41 Å². The molecule has 166 valence electrons. The van der Waals surface area contributed by atoms with Crippen LogP contribution in [-0.4, -0.2) is 37.7 Å². The molecule has 1 aromatic heterocycles. The summed E-state index contributed by atoms with van der Waals surface area (Å²) < 4.78 is 41.0. The molecule has 1 N–H and O–H groups in total. The maximum atomic E-state index is 13.0. The van der Waals surface area contributed by atoms with Crippen LogP contribution < -0.4 is 0 Å². The van der Waals surface area contributed by atoms with Crippen molar-refractivity contribution in [2.24, 2.45) is 10.1 Å². The highest BCUT2D eigenvalue weighted by atomic mass is 32.2. The molecule has 0 bridgehead atoms. The van der Waals surface area contributed by atoms with E-state index in [-0.39, 0.29) is 22.5 Å². The Morgan fingerprint density at radius 2 is 1.81 bits per heavy atom. The van der Waals surface area contributed by atoms with Gasteiger partial charge in [0.25, 0.3) is 5.91 Å². The number of carbonyl (C=O) groups excluding carboxylic acids is 1. The zero-order valence-corrected chi connectivity index (χ0v) is 18.6. The van der Waals surface area contributed by atoms with Crippen molar-refractivity contribution in [3.8, 4) is 5.69 Å². The second-order valence-electron chi connectivity index (χ2n) is 7.83. The molecule has 1 amide bonds. The molecule has 0 radical (unpaired) electrons. The van der Waals surface area contributed by atoms with Crippen LogP contribution >= 0.6 is 11.8 Å². The molecule has 0 atom stereocenters. The van der Waals surface area contributed by atoms with Gasteiger partial charge in [-0.05, 0) is 66.9 Å². The van der Waals surface area contributed by atoms with Crippen LogP contribution in [0.2, 0.25) is 0 Å². The van der Waals surface area contributed by atoms with E-state index < -0.39 is 23.0 Å². The molecule has 0 fully saturated rings. The van der Waals surface area contributed by atoms with Gasteiger partial charge in [-0.15, -0.1) is 0 Å². The first-order valence-electron chi connectivity index (χ1n) is 9.84. The van der Waals surface area contributed by atoms with Crippen LogP contribution in [0.3, 0.4) is 0 Å². The number of hydrogen-bond acceptors (Lipinski definition) is 4. The van der Waals surface area contributed by atoms with Gasteiger partial charge in [0.15, 0.2) is 5.84 Å². The van der Waals surface area contributed by atoms with Crippen molar-refractivity contribution in [3.63, 3.8) is 0 Å². The van der Waals surface area contributed by atoms with Crippen molar-refractivity contribution < 1.29 is 18.0 Å². The van der Waals surface area contributed by atoms with Gasteiger partial charge < -0.3 is 4.57 Å². The number of nitrogens with zero attached hydrogens (tertiary/aromatic N) is 4. The Kier molecular flexibility index (Phi) is 5.36. The number of fused-ring (bicyclic) bond motifs is 1. The molecule has 0 spiro atoms. The van der Waals surface area contributed by atoms with Gasteiger partial charge in [0.05, 0.1) is 5.57 Å². The van der Waals surface area contributed by atoms with Gasteiger partial charge in [0.2, 0.25) is 10.2 Å². The average molecular weight is 459 g/mol. The highest BCUT2D eigenvalue weighted by Gasteiger charge is 2.46. The van der Waals surface area contributed by atoms with E-state index in [0.717, 1.165) is 22.1 Å². The first kappa shape index (κ1) is 22.1. The number of hydrazone groups is 1. The Bertz CT molecular complexity index is 1220. The number of amides is 1. The number of halogens is 3. The van der Waals surface area contributed by atoms with Crippen LogP contribution in [0.4, 0.5) is 13.2 Å². The fourth-order valence-electron chi connectivity index (χ4n) is 3.60. The number of aromatic nitrogens is 1. The zero-order chi connectivity index (χ0) is 23.4. The Hall–Kier alpha value is -3.14.